The van der Waals surface area contributed by atoms with Crippen LogP contribution in [-0.2, 0) is 6.18 Å². The number of carbonyl (C=O) groups is 2. The third-order valence-electron chi connectivity index (χ3n) is 4.26. The van der Waals surface area contributed by atoms with Crippen LogP contribution in [0.2, 0.25) is 0 Å². The lowest BCUT2D eigenvalue weighted by Gasteiger charge is -2.34. The molecule has 0 unspecified atom stereocenters. The molecular formula is C18H18F3N3O2S. The third kappa shape index (κ3) is 5.08. The fourth-order valence-electron chi connectivity index (χ4n) is 2.80. The van der Waals surface area contributed by atoms with Crippen molar-refractivity contribution in [3.8, 4) is 0 Å². The van der Waals surface area contributed by atoms with Crippen molar-refractivity contribution in [1.29, 1.82) is 0 Å². The van der Waals surface area contributed by atoms with E-state index in [1.807, 2.05) is 16.3 Å². The summed E-state index contributed by atoms with van der Waals surface area (Å²) in [5.41, 5.74) is -0.706. The van der Waals surface area contributed by atoms with Crippen molar-refractivity contribution in [3.63, 3.8) is 0 Å². The van der Waals surface area contributed by atoms with Crippen LogP contribution in [-0.4, -0.2) is 54.3 Å². The molecule has 0 bridgehead atoms. The molecule has 1 aliphatic heterocycles. The van der Waals surface area contributed by atoms with Crippen LogP contribution >= 0.6 is 11.3 Å². The van der Waals surface area contributed by atoms with Crippen molar-refractivity contribution in [3.05, 3.63) is 52.2 Å². The van der Waals surface area contributed by atoms with E-state index in [9.17, 15) is 22.8 Å². The molecule has 5 nitrogen and oxygen atoms in total. The van der Waals surface area contributed by atoms with Gasteiger partial charge in [-0.3, -0.25) is 9.69 Å². The highest BCUT2D eigenvalue weighted by molar-refractivity contribution is 7.12. The Bertz CT molecular complexity index is 800. The van der Waals surface area contributed by atoms with E-state index in [0.29, 0.717) is 37.6 Å². The van der Waals surface area contributed by atoms with Gasteiger partial charge < -0.3 is 10.2 Å². The molecule has 27 heavy (non-hydrogen) atoms. The van der Waals surface area contributed by atoms with Gasteiger partial charge in [-0.2, -0.15) is 13.2 Å². The summed E-state index contributed by atoms with van der Waals surface area (Å²) in [6.45, 7) is 2.18. The molecular weight excluding hydrogens is 379 g/mol. The Kier molecular flexibility index (Phi) is 5.81. The first kappa shape index (κ1) is 19.4. The van der Waals surface area contributed by atoms with E-state index < -0.39 is 17.8 Å². The van der Waals surface area contributed by atoms with E-state index in [-0.39, 0.29) is 11.5 Å². The number of urea groups is 1. The monoisotopic (exact) mass is 397 g/mol. The molecule has 1 aliphatic rings. The van der Waals surface area contributed by atoms with Crippen LogP contribution in [0.25, 0.3) is 0 Å². The van der Waals surface area contributed by atoms with Crippen molar-refractivity contribution in [2.75, 3.05) is 38.0 Å². The van der Waals surface area contributed by atoms with E-state index in [0.717, 1.165) is 12.1 Å². The number of nitrogens with zero attached hydrogens (tertiary/aromatic N) is 2. The van der Waals surface area contributed by atoms with E-state index >= 15 is 0 Å². The number of amides is 2. The number of alkyl halides is 3. The Hall–Kier alpha value is -2.39. The third-order valence-corrected chi connectivity index (χ3v) is 5.17. The van der Waals surface area contributed by atoms with Gasteiger partial charge in [-0.25, -0.2) is 4.79 Å². The van der Waals surface area contributed by atoms with Crippen molar-refractivity contribution < 1.29 is 22.8 Å². The van der Waals surface area contributed by atoms with Gasteiger partial charge >= 0.3 is 12.2 Å². The molecule has 1 fully saturated rings. The molecule has 0 atom stereocenters. The summed E-state index contributed by atoms with van der Waals surface area (Å²) in [6.07, 6.45) is -4.46. The normalized spacial score (nSPS) is 15.6. The summed E-state index contributed by atoms with van der Waals surface area (Å²) in [5, 5.41) is 4.36. The maximum Gasteiger partial charge on any atom is 0.416 e. The molecule has 0 radical (unpaired) electrons. The van der Waals surface area contributed by atoms with Crippen LogP contribution in [0.5, 0.6) is 0 Å². The van der Waals surface area contributed by atoms with Crippen molar-refractivity contribution in [2.24, 2.45) is 0 Å². The predicted molar refractivity (Wildman–Crippen MR) is 97.1 cm³/mol. The Labute approximate surface area is 158 Å². The van der Waals surface area contributed by atoms with Crippen LogP contribution in [0.3, 0.4) is 0 Å². The second-order valence-corrected chi connectivity index (χ2v) is 7.12. The van der Waals surface area contributed by atoms with E-state index in [1.165, 1.54) is 28.4 Å². The Balaban J connectivity index is 1.51. The first-order valence-electron chi connectivity index (χ1n) is 8.35. The van der Waals surface area contributed by atoms with Gasteiger partial charge in [-0.1, -0.05) is 12.1 Å². The van der Waals surface area contributed by atoms with Gasteiger partial charge in [-0.15, -0.1) is 11.3 Å². The van der Waals surface area contributed by atoms with Crippen molar-refractivity contribution in [2.45, 2.75) is 6.18 Å². The van der Waals surface area contributed by atoms with Crippen LogP contribution in [0.15, 0.2) is 41.8 Å². The number of thiophene rings is 1. The number of Topliss-reactive ketones (excluding diaryl/α,β-unsaturated/α-hetero) is 1. The zero-order valence-electron chi connectivity index (χ0n) is 14.3. The van der Waals surface area contributed by atoms with Gasteiger partial charge in [0.2, 0.25) is 0 Å². The Morgan fingerprint density at radius 3 is 2.44 bits per heavy atom. The molecule has 0 aliphatic carbocycles. The number of ketones is 1. The highest BCUT2D eigenvalue weighted by atomic mass is 32.1. The number of benzene rings is 1. The highest BCUT2D eigenvalue weighted by Crippen LogP contribution is 2.30. The fraction of sp³-hybridized carbons (Fsp3) is 0.333. The van der Waals surface area contributed by atoms with Crippen LogP contribution in [0.4, 0.5) is 23.7 Å². The molecule has 1 saturated heterocycles. The van der Waals surface area contributed by atoms with Crippen LogP contribution < -0.4 is 5.32 Å². The number of halogens is 3. The highest BCUT2D eigenvalue weighted by Gasteiger charge is 2.30. The van der Waals surface area contributed by atoms with Crippen LogP contribution in [0, 0.1) is 0 Å². The number of rotatable bonds is 4. The zero-order chi connectivity index (χ0) is 19.4. The maximum absolute atomic E-state index is 12.8. The average Bonchev–Trinajstić information content (AvgIpc) is 3.16. The first-order chi connectivity index (χ1) is 12.8. The quantitative estimate of drug-likeness (QED) is 0.799. The molecule has 1 aromatic carbocycles. The van der Waals surface area contributed by atoms with Gasteiger partial charge in [-0.05, 0) is 29.6 Å². The lowest BCUT2D eigenvalue weighted by Crippen LogP contribution is -2.51. The largest absolute Gasteiger partial charge is 0.416 e. The summed E-state index contributed by atoms with van der Waals surface area (Å²) in [5.74, 6) is 0.0480. The summed E-state index contributed by atoms with van der Waals surface area (Å²) in [7, 11) is 0. The second kappa shape index (κ2) is 8.10. The molecule has 2 aromatic rings. The summed E-state index contributed by atoms with van der Waals surface area (Å²) >= 11 is 1.40. The van der Waals surface area contributed by atoms with Crippen molar-refractivity contribution in [1.82, 2.24) is 9.80 Å². The van der Waals surface area contributed by atoms with Crippen LogP contribution in [0.1, 0.15) is 15.2 Å². The predicted octanol–water partition coefficient (Wildman–Crippen LogP) is 3.80. The topological polar surface area (TPSA) is 52.7 Å². The smallest absolute Gasteiger partial charge is 0.322 e. The zero-order valence-corrected chi connectivity index (χ0v) is 15.1. The SMILES string of the molecule is O=C(CN1CCN(C(=O)Nc2cccc(C(F)(F)F)c2)CC1)c1cccs1. The lowest BCUT2D eigenvalue weighted by molar-refractivity contribution is -0.137. The summed E-state index contributed by atoms with van der Waals surface area (Å²) < 4.78 is 38.3. The molecule has 1 aromatic heterocycles. The lowest BCUT2D eigenvalue weighted by atomic mass is 10.2. The number of hydrogen-bond donors (Lipinski definition) is 1. The molecule has 0 saturated carbocycles. The van der Waals surface area contributed by atoms with E-state index in [2.05, 4.69) is 5.32 Å². The Morgan fingerprint density at radius 1 is 1.07 bits per heavy atom. The Morgan fingerprint density at radius 2 is 1.81 bits per heavy atom. The number of hydrogen-bond acceptors (Lipinski definition) is 4. The summed E-state index contributed by atoms with van der Waals surface area (Å²) in [6, 6.07) is 7.71. The fourth-order valence-corrected chi connectivity index (χ4v) is 3.46. The second-order valence-electron chi connectivity index (χ2n) is 6.17. The number of nitrogens with one attached hydrogen (secondary N) is 1. The van der Waals surface area contributed by atoms with Gasteiger partial charge in [0.15, 0.2) is 5.78 Å². The molecule has 0 spiro atoms. The molecule has 1 N–H and O–H groups in total. The standard InChI is InChI=1S/C18H18F3N3O2S/c19-18(20,21)13-3-1-4-14(11-13)22-17(26)24-8-6-23(7-9-24)12-15(25)16-5-2-10-27-16/h1-5,10-11H,6-9,12H2,(H,22,26). The minimum Gasteiger partial charge on any atom is -0.322 e. The molecule has 2 amide bonds. The van der Waals surface area contributed by atoms with Crippen molar-refractivity contribution >= 4 is 28.8 Å². The first-order valence-corrected chi connectivity index (χ1v) is 9.23. The average molecular weight is 397 g/mol. The number of anilines is 1. The van der Waals surface area contributed by atoms with Gasteiger partial charge in [0.05, 0.1) is 17.0 Å². The minimum atomic E-state index is -4.46. The molecule has 2 heterocycles. The minimum absolute atomic E-state index is 0.0480. The van der Waals surface area contributed by atoms with E-state index in [1.54, 1.807) is 6.07 Å². The van der Waals surface area contributed by atoms with E-state index in [4.69, 9.17) is 0 Å². The maximum atomic E-state index is 12.8. The molecule has 9 heteroatoms. The van der Waals surface area contributed by atoms with Gasteiger partial charge in [0, 0.05) is 31.9 Å². The number of carbonyl (C=O) groups excluding carboxylic acids is 2. The van der Waals surface area contributed by atoms with Gasteiger partial charge in [0.1, 0.15) is 0 Å². The summed E-state index contributed by atoms with van der Waals surface area (Å²) in [4.78, 5) is 28.6. The van der Waals surface area contributed by atoms with Gasteiger partial charge in [0.25, 0.3) is 0 Å². The molecule has 3 rings (SSSR count). The number of piperazine rings is 1. The molecule has 144 valence electrons.